The SMILES string of the molecule is Cc1c[c-]c(-c2cc(CC(C)C)[c]([Ge]([CH3])([CH3])[CH3])cn2)cc1.[Ir].[c-]1ccc2c(oc3ccccc32)c1-c1nccc2c1CCCC2. The van der Waals surface area contributed by atoms with Gasteiger partial charge in [0.25, 0.3) is 0 Å². The van der Waals surface area contributed by atoms with Crippen molar-refractivity contribution in [3.05, 3.63) is 114 Å². The molecule has 0 amide bonds. The Kier molecular flexibility index (Phi) is 10.5. The molecule has 1 aliphatic carbocycles. The van der Waals surface area contributed by atoms with Crippen molar-refractivity contribution >= 4 is 39.6 Å². The van der Waals surface area contributed by atoms with Crippen LogP contribution in [0.1, 0.15) is 48.9 Å². The Balaban J connectivity index is 0.000000175. The predicted molar refractivity (Wildman–Crippen MR) is 187 cm³/mol. The summed E-state index contributed by atoms with van der Waals surface area (Å²) in [6, 6.07) is 29.7. The van der Waals surface area contributed by atoms with E-state index in [0.717, 1.165) is 63.7 Å². The molecule has 3 nitrogen and oxygen atoms in total. The minimum Gasteiger partial charge on any atom is -0.501 e. The van der Waals surface area contributed by atoms with Gasteiger partial charge in [0.15, 0.2) is 0 Å². The van der Waals surface area contributed by atoms with Crippen LogP contribution in [-0.4, -0.2) is 23.2 Å². The van der Waals surface area contributed by atoms with Gasteiger partial charge in [-0.15, -0.1) is 18.2 Å². The number of benzene rings is 3. The van der Waals surface area contributed by atoms with Crippen LogP contribution >= 0.6 is 0 Å². The minimum absolute atomic E-state index is 0. The van der Waals surface area contributed by atoms with Gasteiger partial charge in [-0.2, -0.15) is 0 Å². The third-order valence-corrected chi connectivity index (χ3v) is 12.9. The predicted octanol–water partition coefficient (Wildman–Crippen LogP) is 9.93. The molecular formula is C40H42GeIrN2O-2. The van der Waals surface area contributed by atoms with E-state index in [0.29, 0.717) is 5.92 Å². The largest absolute Gasteiger partial charge is 0.501 e. The molecule has 45 heavy (non-hydrogen) atoms. The number of nitrogens with zero attached hydrogens (tertiary/aromatic N) is 2. The molecule has 1 radical (unpaired) electrons. The fourth-order valence-corrected chi connectivity index (χ4v) is 9.67. The molecular weight excluding hydrogens is 789 g/mol. The Hall–Kier alpha value is -3.05. The zero-order valence-corrected chi connectivity index (χ0v) is 31.7. The van der Waals surface area contributed by atoms with E-state index in [4.69, 9.17) is 14.4 Å². The number of fused-ring (bicyclic) bond motifs is 4. The normalized spacial score (nSPS) is 12.9. The maximum absolute atomic E-state index is 6.16. The van der Waals surface area contributed by atoms with Gasteiger partial charge in [0.2, 0.25) is 0 Å². The van der Waals surface area contributed by atoms with Crippen LogP contribution in [0.4, 0.5) is 0 Å². The molecule has 0 saturated heterocycles. The van der Waals surface area contributed by atoms with Crippen LogP contribution in [0.25, 0.3) is 44.5 Å². The molecule has 5 heteroatoms. The second kappa shape index (κ2) is 14.2. The molecule has 0 bridgehead atoms. The van der Waals surface area contributed by atoms with Gasteiger partial charge in [-0.25, -0.2) is 0 Å². The summed E-state index contributed by atoms with van der Waals surface area (Å²) >= 11 is -1.87. The second-order valence-corrected chi connectivity index (χ2v) is 24.1. The molecule has 0 aliphatic heterocycles. The first-order valence-electron chi connectivity index (χ1n) is 16.0. The number of aromatic nitrogens is 2. The van der Waals surface area contributed by atoms with E-state index in [1.807, 2.05) is 30.5 Å². The van der Waals surface area contributed by atoms with Crippen LogP contribution in [0.15, 0.2) is 83.5 Å². The van der Waals surface area contributed by atoms with E-state index in [1.165, 1.54) is 35.1 Å². The summed E-state index contributed by atoms with van der Waals surface area (Å²) in [7, 11) is 0. The third kappa shape index (κ3) is 7.35. The van der Waals surface area contributed by atoms with Crippen molar-refractivity contribution < 1.29 is 24.5 Å². The molecule has 1 aliphatic rings. The van der Waals surface area contributed by atoms with Crippen LogP contribution in [0.3, 0.4) is 0 Å². The van der Waals surface area contributed by atoms with E-state index in [2.05, 4.69) is 98.8 Å². The number of hydrogen-bond acceptors (Lipinski definition) is 3. The zero-order valence-electron chi connectivity index (χ0n) is 27.3. The van der Waals surface area contributed by atoms with Crippen LogP contribution < -0.4 is 4.40 Å². The third-order valence-electron chi connectivity index (χ3n) is 8.52. The number of aryl methyl sites for hydroxylation is 2. The summed E-state index contributed by atoms with van der Waals surface area (Å²) in [6.07, 6.45) is 9.97. The van der Waals surface area contributed by atoms with Crippen LogP contribution in [-0.2, 0) is 39.4 Å². The molecule has 0 atom stereocenters. The molecule has 7 rings (SSSR count). The molecule has 233 valence electrons. The minimum atomic E-state index is -1.87. The Morgan fingerprint density at radius 1 is 0.911 bits per heavy atom. The maximum atomic E-state index is 6.16. The second-order valence-electron chi connectivity index (χ2n) is 13.6. The topological polar surface area (TPSA) is 38.9 Å². The molecule has 0 N–H and O–H groups in total. The zero-order chi connectivity index (χ0) is 30.8. The van der Waals surface area contributed by atoms with Crippen molar-refractivity contribution in [1.29, 1.82) is 0 Å². The molecule has 0 unspecified atom stereocenters. The number of rotatable bonds is 5. The Bertz CT molecular complexity index is 1920. The van der Waals surface area contributed by atoms with Gasteiger partial charge in [0, 0.05) is 31.7 Å². The molecule has 3 heterocycles. The van der Waals surface area contributed by atoms with Gasteiger partial charge in [0.05, 0.1) is 5.58 Å². The Labute approximate surface area is 284 Å². The molecule has 3 aromatic heterocycles. The van der Waals surface area contributed by atoms with Crippen LogP contribution in [0, 0.1) is 25.0 Å². The monoisotopic (exact) mass is 833 g/mol. The van der Waals surface area contributed by atoms with E-state index in [9.17, 15) is 0 Å². The number of hydrogen-bond donors (Lipinski definition) is 0. The van der Waals surface area contributed by atoms with Gasteiger partial charge in [-0.05, 0) is 43.5 Å². The molecule has 0 saturated carbocycles. The van der Waals surface area contributed by atoms with E-state index >= 15 is 0 Å². The summed E-state index contributed by atoms with van der Waals surface area (Å²) in [5.41, 5.74) is 11.6. The van der Waals surface area contributed by atoms with Gasteiger partial charge in [-0.3, -0.25) is 0 Å². The van der Waals surface area contributed by atoms with Gasteiger partial charge < -0.3 is 9.40 Å². The standard InChI is InChI=1S/C21H16NO.C19H26GeN.Ir/c1-2-7-15-14(6-1)12-13-22-20(15)18-10-5-9-17-16-8-3-4-11-19(16)23-21(17)18;1-14(2)11-17-12-19(16-9-7-15(3)8-10-16)21-13-18(17)20(4,5)6;/h3-5,8-9,11-13H,1-2,6-7H2;7-9,12-14H,11H2,1-6H3;/q2*-1;. The fourth-order valence-electron chi connectivity index (χ4n) is 6.33. The molecule has 3 aromatic carbocycles. The summed E-state index contributed by atoms with van der Waals surface area (Å²) in [5.74, 6) is 8.00. The molecule has 6 aromatic rings. The van der Waals surface area contributed by atoms with E-state index in [1.54, 1.807) is 4.40 Å². The number of pyridine rings is 2. The van der Waals surface area contributed by atoms with E-state index in [-0.39, 0.29) is 20.1 Å². The van der Waals surface area contributed by atoms with Crippen LogP contribution in [0.5, 0.6) is 0 Å². The van der Waals surface area contributed by atoms with Crippen LogP contribution in [0.2, 0.25) is 17.3 Å². The van der Waals surface area contributed by atoms with Crippen molar-refractivity contribution in [3.8, 4) is 22.5 Å². The molecule has 0 spiro atoms. The number of para-hydroxylation sites is 1. The van der Waals surface area contributed by atoms with Crippen molar-refractivity contribution in [2.75, 3.05) is 0 Å². The van der Waals surface area contributed by atoms with Crippen molar-refractivity contribution in [3.63, 3.8) is 0 Å². The summed E-state index contributed by atoms with van der Waals surface area (Å²) in [4.78, 5) is 9.42. The summed E-state index contributed by atoms with van der Waals surface area (Å²) in [5, 5.41) is 2.30. The van der Waals surface area contributed by atoms with Gasteiger partial charge in [-0.1, -0.05) is 40.3 Å². The Morgan fingerprint density at radius 3 is 2.47 bits per heavy atom. The fraction of sp³-hybridized carbons (Fsp3) is 0.300. The van der Waals surface area contributed by atoms with Gasteiger partial charge >= 0.3 is 132 Å². The van der Waals surface area contributed by atoms with Gasteiger partial charge in [0.1, 0.15) is 5.58 Å². The smallest absolute Gasteiger partial charge is 0.120 e. The van der Waals surface area contributed by atoms with Crippen molar-refractivity contribution in [2.24, 2.45) is 5.92 Å². The first kappa shape index (κ1) is 33.3. The van der Waals surface area contributed by atoms with E-state index < -0.39 is 13.3 Å². The first-order chi connectivity index (χ1) is 21.2. The summed E-state index contributed by atoms with van der Waals surface area (Å²) < 4.78 is 7.70. The molecule has 0 fully saturated rings. The average molecular weight is 832 g/mol. The quantitative estimate of drug-likeness (QED) is 0.128. The number of furan rings is 1. The van der Waals surface area contributed by atoms with Crippen molar-refractivity contribution in [2.45, 2.75) is 70.1 Å². The maximum Gasteiger partial charge on any atom is 0.120 e. The van der Waals surface area contributed by atoms with Crippen molar-refractivity contribution in [1.82, 2.24) is 9.97 Å². The first-order valence-corrected chi connectivity index (χ1v) is 23.3. The Morgan fingerprint density at radius 2 is 1.71 bits per heavy atom. The average Bonchev–Trinajstić information content (AvgIpc) is 3.40. The summed E-state index contributed by atoms with van der Waals surface area (Å²) in [6.45, 7) is 6.67.